The van der Waals surface area contributed by atoms with E-state index in [9.17, 15) is 10.1 Å². The Hall–Kier alpha value is -2.34. The van der Waals surface area contributed by atoms with Crippen LogP contribution in [-0.4, -0.2) is 16.5 Å². The van der Waals surface area contributed by atoms with Crippen molar-refractivity contribution in [3.8, 4) is 5.75 Å². The molecule has 6 nitrogen and oxygen atoms in total. The Bertz CT molecular complexity index is 649. The van der Waals surface area contributed by atoms with E-state index < -0.39 is 4.92 Å². The summed E-state index contributed by atoms with van der Waals surface area (Å²) < 4.78 is 5.52. The highest BCUT2D eigenvalue weighted by Crippen LogP contribution is 2.22. The van der Waals surface area contributed by atoms with Crippen LogP contribution in [0.1, 0.15) is 12.6 Å². The Balaban J connectivity index is 2.10. The van der Waals surface area contributed by atoms with Crippen molar-refractivity contribution >= 4 is 23.1 Å². The van der Waals surface area contributed by atoms with Gasteiger partial charge in [0, 0.05) is 12.6 Å². The first kappa shape index (κ1) is 15.1. The number of pyridine rings is 1. The molecule has 0 atom stereocenters. The molecular weight excluding hydrogens is 294 g/mol. The van der Waals surface area contributed by atoms with Gasteiger partial charge in [-0.25, -0.2) is 4.98 Å². The molecule has 7 heteroatoms. The number of hydrogen-bond donors (Lipinski definition) is 1. The van der Waals surface area contributed by atoms with Crippen molar-refractivity contribution < 1.29 is 9.66 Å². The van der Waals surface area contributed by atoms with E-state index in [1.807, 2.05) is 6.92 Å². The minimum absolute atomic E-state index is 0.0204. The van der Waals surface area contributed by atoms with Crippen LogP contribution in [-0.2, 0) is 6.61 Å². The van der Waals surface area contributed by atoms with Crippen LogP contribution in [0.15, 0.2) is 36.4 Å². The number of nitrogens with one attached hydrogen (secondary N) is 1. The molecule has 2 aromatic rings. The molecule has 0 fully saturated rings. The van der Waals surface area contributed by atoms with Gasteiger partial charge in [-0.15, -0.1) is 0 Å². The quantitative estimate of drug-likeness (QED) is 0.651. The molecule has 1 aromatic carbocycles. The predicted molar refractivity (Wildman–Crippen MR) is 80.8 cm³/mol. The monoisotopic (exact) mass is 307 g/mol. The standard InChI is InChI=1S/C14H14ClN3O3/c1-2-16-14-7-6-12(15)13(17-14)9-21-11-5-3-4-10(8-11)18(19)20/h3-8H,2,9H2,1H3,(H,16,17). The molecule has 1 aromatic heterocycles. The molecule has 0 aliphatic carbocycles. The molecule has 1 N–H and O–H groups in total. The lowest BCUT2D eigenvalue weighted by molar-refractivity contribution is -0.384. The van der Waals surface area contributed by atoms with Crippen molar-refractivity contribution in [3.05, 3.63) is 57.2 Å². The zero-order valence-corrected chi connectivity index (χ0v) is 12.1. The smallest absolute Gasteiger partial charge is 0.273 e. The predicted octanol–water partition coefficient (Wildman–Crippen LogP) is 3.65. The minimum Gasteiger partial charge on any atom is -0.487 e. The number of aromatic nitrogens is 1. The molecule has 0 aliphatic heterocycles. The number of nitro groups is 1. The zero-order chi connectivity index (χ0) is 15.2. The van der Waals surface area contributed by atoms with Crippen molar-refractivity contribution in [2.24, 2.45) is 0 Å². The first-order chi connectivity index (χ1) is 10.1. The fourth-order valence-electron chi connectivity index (χ4n) is 1.70. The molecule has 110 valence electrons. The summed E-state index contributed by atoms with van der Waals surface area (Å²) in [6.07, 6.45) is 0. The third kappa shape index (κ3) is 4.06. The van der Waals surface area contributed by atoms with Gasteiger partial charge in [-0.3, -0.25) is 10.1 Å². The van der Waals surface area contributed by atoms with Gasteiger partial charge in [-0.1, -0.05) is 17.7 Å². The molecule has 0 saturated carbocycles. The Labute approximate surface area is 126 Å². The van der Waals surface area contributed by atoms with Gasteiger partial charge in [0.2, 0.25) is 0 Å². The third-order valence-corrected chi connectivity index (χ3v) is 3.02. The van der Waals surface area contributed by atoms with Crippen LogP contribution < -0.4 is 10.1 Å². The van der Waals surface area contributed by atoms with Crippen LogP contribution in [0.4, 0.5) is 11.5 Å². The van der Waals surface area contributed by atoms with Crippen molar-refractivity contribution in [2.75, 3.05) is 11.9 Å². The number of hydrogen-bond acceptors (Lipinski definition) is 5. The average Bonchev–Trinajstić information content (AvgIpc) is 2.48. The number of rotatable bonds is 6. The molecule has 21 heavy (non-hydrogen) atoms. The molecule has 0 bridgehead atoms. The first-order valence-corrected chi connectivity index (χ1v) is 6.74. The molecule has 0 saturated heterocycles. The van der Waals surface area contributed by atoms with Crippen molar-refractivity contribution in [1.29, 1.82) is 0 Å². The lowest BCUT2D eigenvalue weighted by Crippen LogP contribution is -2.04. The van der Waals surface area contributed by atoms with Crippen molar-refractivity contribution in [3.63, 3.8) is 0 Å². The second kappa shape index (κ2) is 6.90. The summed E-state index contributed by atoms with van der Waals surface area (Å²) in [4.78, 5) is 14.6. The maximum absolute atomic E-state index is 10.7. The van der Waals surface area contributed by atoms with E-state index in [1.165, 1.54) is 12.1 Å². The Morgan fingerprint density at radius 3 is 2.90 bits per heavy atom. The van der Waals surface area contributed by atoms with Crippen LogP contribution in [0.3, 0.4) is 0 Å². The van der Waals surface area contributed by atoms with Crippen LogP contribution in [0.5, 0.6) is 5.75 Å². The first-order valence-electron chi connectivity index (χ1n) is 6.36. The summed E-state index contributed by atoms with van der Waals surface area (Å²) in [7, 11) is 0. The largest absolute Gasteiger partial charge is 0.487 e. The Morgan fingerprint density at radius 2 is 2.19 bits per heavy atom. The van der Waals surface area contributed by atoms with E-state index in [0.717, 1.165) is 6.54 Å². The van der Waals surface area contributed by atoms with Gasteiger partial charge in [0.25, 0.3) is 5.69 Å². The normalized spacial score (nSPS) is 10.2. The second-order valence-electron chi connectivity index (χ2n) is 4.20. The molecule has 0 aliphatic rings. The van der Waals surface area contributed by atoms with E-state index >= 15 is 0 Å². The molecular formula is C14H14ClN3O3. The summed E-state index contributed by atoms with van der Waals surface area (Å²) in [5.74, 6) is 1.11. The number of benzene rings is 1. The molecule has 2 rings (SSSR count). The van der Waals surface area contributed by atoms with Gasteiger partial charge in [0.05, 0.1) is 21.7 Å². The van der Waals surface area contributed by atoms with Crippen LogP contribution in [0.25, 0.3) is 0 Å². The van der Waals surface area contributed by atoms with Gasteiger partial charge in [0.15, 0.2) is 0 Å². The van der Waals surface area contributed by atoms with Crippen LogP contribution >= 0.6 is 11.6 Å². The van der Waals surface area contributed by atoms with Crippen LogP contribution in [0, 0.1) is 10.1 Å². The number of ether oxygens (including phenoxy) is 1. The highest BCUT2D eigenvalue weighted by molar-refractivity contribution is 6.31. The maximum atomic E-state index is 10.7. The Morgan fingerprint density at radius 1 is 1.38 bits per heavy atom. The lowest BCUT2D eigenvalue weighted by atomic mass is 10.3. The van der Waals surface area contributed by atoms with Gasteiger partial charge in [-0.2, -0.15) is 0 Å². The van der Waals surface area contributed by atoms with Crippen molar-refractivity contribution in [1.82, 2.24) is 4.98 Å². The molecule has 0 unspecified atom stereocenters. The summed E-state index contributed by atoms with van der Waals surface area (Å²) in [6.45, 7) is 2.86. The summed E-state index contributed by atoms with van der Waals surface area (Å²) in [6, 6.07) is 9.50. The topological polar surface area (TPSA) is 77.3 Å². The third-order valence-electron chi connectivity index (χ3n) is 2.68. The molecule has 1 heterocycles. The fraction of sp³-hybridized carbons (Fsp3) is 0.214. The maximum Gasteiger partial charge on any atom is 0.273 e. The number of nitro benzene ring substituents is 1. The number of nitrogens with zero attached hydrogens (tertiary/aromatic N) is 2. The number of anilines is 1. The number of non-ortho nitro benzene ring substituents is 1. The second-order valence-corrected chi connectivity index (χ2v) is 4.61. The molecule has 0 radical (unpaired) electrons. The van der Waals surface area contributed by atoms with E-state index in [4.69, 9.17) is 16.3 Å². The van der Waals surface area contributed by atoms with Crippen LogP contribution in [0.2, 0.25) is 5.02 Å². The lowest BCUT2D eigenvalue weighted by Gasteiger charge is -2.09. The van der Waals surface area contributed by atoms with Gasteiger partial charge in [0.1, 0.15) is 18.2 Å². The van der Waals surface area contributed by atoms with Gasteiger partial charge >= 0.3 is 0 Å². The molecule has 0 amide bonds. The summed E-state index contributed by atoms with van der Waals surface area (Å²) in [5.41, 5.74) is 0.551. The fourth-order valence-corrected chi connectivity index (χ4v) is 1.86. The highest BCUT2D eigenvalue weighted by atomic mass is 35.5. The average molecular weight is 308 g/mol. The van der Waals surface area contributed by atoms with Gasteiger partial charge in [-0.05, 0) is 25.1 Å². The highest BCUT2D eigenvalue weighted by Gasteiger charge is 2.08. The van der Waals surface area contributed by atoms with Gasteiger partial charge < -0.3 is 10.1 Å². The Kier molecular flexibility index (Phi) is 4.94. The summed E-state index contributed by atoms with van der Waals surface area (Å²) in [5, 5.41) is 14.3. The zero-order valence-electron chi connectivity index (χ0n) is 11.4. The number of halogens is 1. The van der Waals surface area contributed by atoms with Crippen molar-refractivity contribution in [2.45, 2.75) is 13.5 Å². The molecule has 0 spiro atoms. The van der Waals surface area contributed by atoms with E-state index in [-0.39, 0.29) is 12.3 Å². The van der Waals surface area contributed by atoms with E-state index in [1.54, 1.807) is 24.3 Å². The summed E-state index contributed by atoms with van der Waals surface area (Å²) >= 11 is 6.07. The SMILES string of the molecule is CCNc1ccc(Cl)c(COc2cccc([N+](=O)[O-])c2)n1. The minimum atomic E-state index is -0.468. The van der Waals surface area contributed by atoms with E-state index in [2.05, 4.69) is 10.3 Å². The van der Waals surface area contributed by atoms with E-state index in [0.29, 0.717) is 22.3 Å².